The molecular formula is C19H19ClF4N2S. The Balaban J connectivity index is 1.73. The Morgan fingerprint density at radius 1 is 1.00 bits per heavy atom. The highest BCUT2D eigenvalue weighted by molar-refractivity contribution is 7.99. The van der Waals surface area contributed by atoms with Crippen molar-refractivity contribution in [1.29, 1.82) is 0 Å². The lowest BCUT2D eigenvalue weighted by Crippen LogP contribution is -2.47. The van der Waals surface area contributed by atoms with Crippen molar-refractivity contribution in [2.45, 2.75) is 18.0 Å². The molecule has 0 aliphatic carbocycles. The largest absolute Gasteiger partial charge is 0.398 e. The number of hydrogen-bond acceptors (Lipinski definition) is 3. The highest BCUT2D eigenvalue weighted by Gasteiger charge is 2.28. The third-order valence-corrected chi connectivity index (χ3v) is 5.99. The van der Waals surface area contributed by atoms with Gasteiger partial charge in [-0.2, -0.15) is 13.2 Å². The van der Waals surface area contributed by atoms with Gasteiger partial charge in [0.2, 0.25) is 0 Å². The Morgan fingerprint density at radius 2 is 1.59 bits per heavy atom. The number of nitrogens with zero attached hydrogens (tertiary/aromatic N) is 2. The molecule has 1 heterocycles. The fourth-order valence-corrected chi connectivity index (χ4v) is 4.15. The van der Waals surface area contributed by atoms with Crippen molar-refractivity contribution in [3.05, 3.63) is 52.8 Å². The van der Waals surface area contributed by atoms with E-state index in [0.717, 1.165) is 5.69 Å². The second-order valence-corrected chi connectivity index (χ2v) is 7.82. The lowest BCUT2D eigenvalue weighted by molar-refractivity contribution is -0.105. The van der Waals surface area contributed by atoms with Crippen LogP contribution in [0.2, 0.25) is 5.02 Å². The zero-order valence-corrected chi connectivity index (χ0v) is 16.3. The number of benzene rings is 2. The minimum atomic E-state index is -4.26. The molecule has 0 radical (unpaired) electrons. The maximum absolute atomic E-state index is 14.5. The quantitative estimate of drug-likeness (QED) is 0.460. The van der Waals surface area contributed by atoms with Crippen LogP contribution in [0.1, 0.15) is 5.56 Å². The number of hydrogen-bond donors (Lipinski definition) is 0. The molecule has 0 aromatic heterocycles. The van der Waals surface area contributed by atoms with Gasteiger partial charge in [-0.3, -0.25) is 0 Å². The number of alkyl halides is 3. The second-order valence-electron chi connectivity index (χ2n) is 6.40. The van der Waals surface area contributed by atoms with Gasteiger partial charge >= 0.3 is 6.18 Å². The molecule has 2 nitrogen and oxygen atoms in total. The molecule has 2 aromatic rings. The topological polar surface area (TPSA) is 6.48 Å². The standard InChI is InChI=1S/C19H19ClF4N2S/c1-13-10-15(21)17(11-18(13)27-12-19(22,23)24)26-8-6-25(7-9-26)16-5-3-2-4-14(16)20/h2-5,10-11H,6-9,12H2,1H3. The van der Waals surface area contributed by atoms with Gasteiger partial charge in [0.05, 0.1) is 22.2 Å². The van der Waals surface area contributed by atoms with E-state index in [1.54, 1.807) is 6.92 Å². The smallest absolute Gasteiger partial charge is 0.367 e. The van der Waals surface area contributed by atoms with Crippen LogP contribution in [-0.4, -0.2) is 38.1 Å². The Labute approximate surface area is 165 Å². The van der Waals surface area contributed by atoms with Crippen LogP contribution in [0.4, 0.5) is 28.9 Å². The molecule has 1 saturated heterocycles. The molecule has 0 unspecified atom stereocenters. The van der Waals surface area contributed by atoms with Gasteiger partial charge in [-0.25, -0.2) is 4.39 Å². The summed E-state index contributed by atoms with van der Waals surface area (Å²) in [6.45, 7) is 4.06. The number of rotatable bonds is 4. The van der Waals surface area contributed by atoms with Crippen LogP contribution in [0.25, 0.3) is 0 Å². The summed E-state index contributed by atoms with van der Waals surface area (Å²) in [5.41, 5.74) is 1.80. The zero-order valence-electron chi connectivity index (χ0n) is 14.7. The van der Waals surface area contributed by atoms with E-state index < -0.39 is 17.7 Å². The number of thioether (sulfide) groups is 1. The van der Waals surface area contributed by atoms with E-state index in [4.69, 9.17) is 11.6 Å². The highest BCUT2D eigenvalue weighted by atomic mass is 35.5. The van der Waals surface area contributed by atoms with Crippen LogP contribution in [0.3, 0.4) is 0 Å². The molecule has 0 spiro atoms. The normalized spacial score (nSPS) is 15.3. The van der Waals surface area contributed by atoms with Crippen molar-refractivity contribution in [2.24, 2.45) is 0 Å². The van der Waals surface area contributed by atoms with Gasteiger partial charge < -0.3 is 9.80 Å². The van der Waals surface area contributed by atoms with Crippen molar-refractivity contribution < 1.29 is 17.6 Å². The fraction of sp³-hybridized carbons (Fsp3) is 0.368. The summed E-state index contributed by atoms with van der Waals surface area (Å²) in [6, 6.07) is 10.4. The van der Waals surface area contributed by atoms with Gasteiger partial charge in [-0.15, -0.1) is 11.8 Å². The summed E-state index contributed by atoms with van der Waals surface area (Å²) in [6.07, 6.45) is -4.26. The molecule has 8 heteroatoms. The predicted molar refractivity (Wildman–Crippen MR) is 104 cm³/mol. The summed E-state index contributed by atoms with van der Waals surface area (Å²) >= 11 is 6.93. The first-order valence-corrected chi connectivity index (χ1v) is 9.85. The first-order chi connectivity index (χ1) is 12.7. The lowest BCUT2D eigenvalue weighted by atomic mass is 10.1. The van der Waals surface area contributed by atoms with E-state index in [9.17, 15) is 17.6 Å². The second kappa shape index (κ2) is 8.19. The minimum Gasteiger partial charge on any atom is -0.367 e. The van der Waals surface area contributed by atoms with Crippen LogP contribution < -0.4 is 9.80 Å². The van der Waals surface area contributed by atoms with Crippen LogP contribution >= 0.6 is 23.4 Å². The van der Waals surface area contributed by atoms with E-state index in [1.807, 2.05) is 29.2 Å². The SMILES string of the molecule is Cc1cc(F)c(N2CCN(c3ccccc3Cl)CC2)cc1SCC(F)(F)F. The fourth-order valence-electron chi connectivity index (χ4n) is 3.10. The monoisotopic (exact) mass is 418 g/mol. The van der Waals surface area contributed by atoms with Gasteiger partial charge in [0.15, 0.2) is 0 Å². The van der Waals surface area contributed by atoms with Crippen LogP contribution in [0.5, 0.6) is 0 Å². The molecular weight excluding hydrogens is 400 g/mol. The molecule has 0 N–H and O–H groups in total. The summed E-state index contributed by atoms with van der Waals surface area (Å²) in [7, 11) is 0. The molecule has 1 aliphatic rings. The third-order valence-electron chi connectivity index (χ3n) is 4.45. The van der Waals surface area contributed by atoms with Crippen molar-refractivity contribution in [3.63, 3.8) is 0 Å². The van der Waals surface area contributed by atoms with E-state index in [0.29, 0.717) is 59.1 Å². The Bertz CT molecular complexity index is 805. The van der Waals surface area contributed by atoms with Crippen molar-refractivity contribution in [2.75, 3.05) is 41.7 Å². The number of para-hydroxylation sites is 1. The van der Waals surface area contributed by atoms with Crippen molar-refractivity contribution >= 4 is 34.7 Å². The van der Waals surface area contributed by atoms with Crippen LogP contribution in [0.15, 0.2) is 41.3 Å². The van der Waals surface area contributed by atoms with Gasteiger partial charge in [-0.1, -0.05) is 23.7 Å². The molecule has 1 fully saturated rings. The van der Waals surface area contributed by atoms with E-state index in [1.165, 1.54) is 12.1 Å². The third kappa shape index (κ3) is 5.02. The predicted octanol–water partition coefficient (Wildman–Crippen LogP) is 5.77. The average molecular weight is 419 g/mol. The highest BCUT2D eigenvalue weighted by Crippen LogP contribution is 2.34. The molecule has 2 aromatic carbocycles. The van der Waals surface area contributed by atoms with E-state index in [-0.39, 0.29) is 0 Å². The molecule has 0 bridgehead atoms. The maximum atomic E-state index is 14.5. The summed E-state index contributed by atoms with van der Waals surface area (Å²) in [5, 5.41) is 0.665. The molecule has 0 saturated carbocycles. The molecule has 3 rings (SSSR count). The number of aryl methyl sites for hydroxylation is 1. The number of piperazine rings is 1. The zero-order chi connectivity index (χ0) is 19.6. The molecule has 0 amide bonds. The van der Waals surface area contributed by atoms with Gasteiger partial charge in [0, 0.05) is 31.1 Å². The first kappa shape index (κ1) is 20.1. The summed E-state index contributed by atoms with van der Waals surface area (Å²) < 4.78 is 52.0. The summed E-state index contributed by atoms with van der Waals surface area (Å²) in [4.78, 5) is 4.46. The number of halogens is 5. The molecule has 146 valence electrons. The van der Waals surface area contributed by atoms with Gasteiger partial charge in [0.25, 0.3) is 0 Å². The first-order valence-electron chi connectivity index (χ1n) is 8.49. The van der Waals surface area contributed by atoms with E-state index in [2.05, 4.69) is 4.90 Å². The lowest BCUT2D eigenvalue weighted by Gasteiger charge is -2.38. The maximum Gasteiger partial charge on any atom is 0.398 e. The Morgan fingerprint density at radius 3 is 2.19 bits per heavy atom. The average Bonchev–Trinajstić information content (AvgIpc) is 2.61. The Hall–Kier alpha value is -1.60. The molecule has 27 heavy (non-hydrogen) atoms. The van der Waals surface area contributed by atoms with Crippen LogP contribution in [0, 0.1) is 12.7 Å². The van der Waals surface area contributed by atoms with E-state index >= 15 is 0 Å². The van der Waals surface area contributed by atoms with Crippen molar-refractivity contribution in [1.82, 2.24) is 0 Å². The molecule has 1 aliphatic heterocycles. The van der Waals surface area contributed by atoms with Crippen LogP contribution in [-0.2, 0) is 0 Å². The Kier molecular flexibility index (Phi) is 6.11. The van der Waals surface area contributed by atoms with Crippen molar-refractivity contribution in [3.8, 4) is 0 Å². The summed E-state index contributed by atoms with van der Waals surface area (Å²) in [5.74, 6) is -1.39. The number of anilines is 2. The van der Waals surface area contributed by atoms with Gasteiger partial charge in [-0.05, 0) is 36.8 Å². The van der Waals surface area contributed by atoms with Gasteiger partial charge in [0.1, 0.15) is 5.82 Å². The molecule has 0 atom stereocenters. The minimum absolute atomic E-state index is 0.351.